The van der Waals surface area contributed by atoms with Crippen molar-refractivity contribution in [3.63, 3.8) is 0 Å². The first-order valence-corrected chi connectivity index (χ1v) is 3.96. The molecule has 1 aromatic rings. The summed E-state index contributed by atoms with van der Waals surface area (Å²) in [6, 6.07) is 1.44. The molecule has 1 rings (SSSR count). The first kappa shape index (κ1) is 11.3. The summed E-state index contributed by atoms with van der Waals surface area (Å²) in [5, 5.41) is 16.4. The summed E-state index contributed by atoms with van der Waals surface area (Å²) in [5.74, 6) is -0.921. The van der Waals surface area contributed by atoms with Crippen molar-refractivity contribution in [1.82, 2.24) is 4.98 Å². The lowest BCUT2D eigenvalue weighted by Gasteiger charge is -2.06. The lowest BCUT2D eigenvalue weighted by Crippen LogP contribution is -2.02. The second kappa shape index (κ2) is 4.19. The van der Waals surface area contributed by atoms with Gasteiger partial charge in [0.1, 0.15) is 6.07 Å². The topological polar surface area (TPSA) is 74.0 Å². The quantitative estimate of drug-likeness (QED) is 0.791. The predicted molar refractivity (Wildman–Crippen MR) is 45.8 cm³/mol. The Labute approximate surface area is 87.7 Å². The molecule has 1 aromatic heterocycles. The van der Waals surface area contributed by atoms with Crippen molar-refractivity contribution in [1.29, 1.82) is 5.26 Å². The summed E-state index contributed by atoms with van der Waals surface area (Å²) in [4.78, 5) is 14.1. The van der Waals surface area contributed by atoms with Gasteiger partial charge in [-0.2, -0.15) is 5.26 Å². The van der Waals surface area contributed by atoms with Crippen molar-refractivity contribution < 1.29 is 18.7 Å². The van der Waals surface area contributed by atoms with E-state index in [0.29, 0.717) is 6.20 Å². The maximum absolute atomic E-state index is 12.4. The smallest absolute Gasteiger partial charge is 0.266 e. The van der Waals surface area contributed by atoms with Crippen LogP contribution in [-0.4, -0.2) is 15.3 Å². The molecule has 0 amide bonds. The average molecular weight is 233 g/mol. The molecule has 4 nitrogen and oxygen atoms in total. The van der Waals surface area contributed by atoms with E-state index in [2.05, 4.69) is 4.98 Å². The third kappa shape index (κ3) is 2.02. The Kier molecular flexibility index (Phi) is 3.17. The monoisotopic (exact) mass is 232 g/mol. The van der Waals surface area contributed by atoms with Crippen molar-refractivity contribution in [3.8, 4) is 11.8 Å². The minimum atomic E-state index is -3.01. The Balaban J connectivity index is 3.53. The molecule has 1 heterocycles. The summed E-state index contributed by atoms with van der Waals surface area (Å²) in [6.45, 7) is 0. The number of halogens is 3. The molecule has 78 valence electrons. The number of pyridine rings is 1. The summed E-state index contributed by atoms with van der Waals surface area (Å²) >= 11 is 5.02. The molecule has 0 aliphatic heterocycles. The minimum absolute atomic E-state index is 0.525. The van der Waals surface area contributed by atoms with Crippen LogP contribution in [0.2, 0.25) is 0 Å². The minimum Gasteiger partial charge on any atom is -0.504 e. The van der Waals surface area contributed by atoms with Crippen LogP contribution in [0.1, 0.15) is 28.0 Å². The van der Waals surface area contributed by atoms with Crippen LogP contribution in [0.25, 0.3) is 0 Å². The third-order valence-electron chi connectivity index (χ3n) is 1.62. The van der Waals surface area contributed by atoms with Crippen molar-refractivity contribution >= 4 is 16.8 Å². The summed E-state index contributed by atoms with van der Waals surface area (Å²) in [6.07, 6.45) is -2.37. The fraction of sp³-hybridized carbons (Fsp3) is 0.125. The Morgan fingerprint density at radius 2 is 2.27 bits per heavy atom. The van der Waals surface area contributed by atoms with E-state index in [1.54, 1.807) is 0 Å². The first-order chi connectivity index (χ1) is 6.99. The van der Waals surface area contributed by atoms with Crippen LogP contribution in [0.15, 0.2) is 6.20 Å². The number of nitriles is 1. The van der Waals surface area contributed by atoms with Crippen molar-refractivity contribution in [3.05, 3.63) is 23.0 Å². The fourth-order valence-corrected chi connectivity index (χ4v) is 1.17. The van der Waals surface area contributed by atoms with Gasteiger partial charge in [-0.25, -0.2) is 13.8 Å². The van der Waals surface area contributed by atoms with E-state index < -0.39 is 34.2 Å². The molecule has 1 N–H and O–H groups in total. The number of aromatic nitrogens is 1. The summed E-state index contributed by atoms with van der Waals surface area (Å²) in [5.41, 5.74) is -2.10. The summed E-state index contributed by atoms with van der Waals surface area (Å²) < 4.78 is 24.7. The van der Waals surface area contributed by atoms with Crippen molar-refractivity contribution in [2.75, 3.05) is 0 Å². The number of carbonyl (C=O) groups excluding carboxylic acids is 1. The molecule has 0 bridgehead atoms. The van der Waals surface area contributed by atoms with Crippen molar-refractivity contribution in [2.24, 2.45) is 0 Å². The normalized spacial score (nSPS) is 10.1. The van der Waals surface area contributed by atoms with Crippen LogP contribution < -0.4 is 0 Å². The molecule has 0 aliphatic carbocycles. The molecule has 0 unspecified atom stereocenters. The van der Waals surface area contributed by atoms with Gasteiger partial charge in [-0.15, -0.1) is 0 Å². The van der Waals surface area contributed by atoms with E-state index in [4.69, 9.17) is 16.9 Å². The molecule has 7 heteroatoms. The highest BCUT2D eigenvalue weighted by atomic mass is 35.5. The Hall–Kier alpha value is -1.74. The maximum atomic E-state index is 12.4. The molecule has 15 heavy (non-hydrogen) atoms. The van der Waals surface area contributed by atoms with Crippen LogP contribution in [0, 0.1) is 11.3 Å². The second-order valence-electron chi connectivity index (χ2n) is 2.47. The molecule has 0 saturated heterocycles. The molecule has 0 saturated carbocycles. The molecule has 0 atom stereocenters. The van der Waals surface area contributed by atoms with Gasteiger partial charge < -0.3 is 5.11 Å². The molecular weight excluding hydrogens is 230 g/mol. The van der Waals surface area contributed by atoms with Crippen LogP contribution in [-0.2, 0) is 0 Å². The largest absolute Gasteiger partial charge is 0.504 e. The SMILES string of the molecule is N#Cc1ncc(C(F)F)c(C(=O)Cl)c1O. The number of rotatable bonds is 2. The number of alkyl halides is 2. The molecule has 0 spiro atoms. The van der Waals surface area contributed by atoms with E-state index in [1.165, 1.54) is 6.07 Å². The lowest BCUT2D eigenvalue weighted by molar-refractivity contribution is 0.106. The molecular formula is C8H3ClF2N2O2. The number of aromatic hydroxyl groups is 1. The highest BCUT2D eigenvalue weighted by molar-refractivity contribution is 6.68. The average Bonchev–Trinajstić information content (AvgIpc) is 2.16. The van der Waals surface area contributed by atoms with E-state index in [-0.39, 0.29) is 0 Å². The van der Waals surface area contributed by atoms with E-state index >= 15 is 0 Å². The van der Waals surface area contributed by atoms with Gasteiger partial charge in [-0.05, 0) is 11.6 Å². The predicted octanol–water partition coefficient (Wildman–Crippen LogP) is 1.98. The number of hydrogen-bond donors (Lipinski definition) is 1. The first-order valence-electron chi connectivity index (χ1n) is 3.59. The van der Waals surface area contributed by atoms with Gasteiger partial charge in [0.2, 0.25) is 0 Å². The Morgan fingerprint density at radius 1 is 1.67 bits per heavy atom. The van der Waals surface area contributed by atoms with Crippen molar-refractivity contribution in [2.45, 2.75) is 6.43 Å². The second-order valence-corrected chi connectivity index (χ2v) is 2.82. The van der Waals surface area contributed by atoms with Gasteiger partial charge in [0, 0.05) is 6.20 Å². The number of carbonyl (C=O) groups is 1. The van der Waals surface area contributed by atoms with Gasteiger partial charge in [0.05, 0.1) is 11.1 Å². The van der Waals surface area contributed by atoms with Gasteiger partial charge >= 0.3 is 0 Å². The Morgan fingerprint density at radius 3 is 2.67 bits per heavy atom. The molecule has 0 radical (unpaired) electrons. The molecule has 0 aromatic carbocycles. The van der Waals surface area contributed by atoms with Gasteiger partial charge in [-0.1, -0.05) is 0 Å². The van der Waals surface area contributed by atoms with Gasteiger partial charge in [0.25, 0.3) is 11.7 Å². The van der Waals surface area contributed by atoms with Crippen LogP contribution in [0.3, 0.4) is 0 Å². The van der Waals surface area contributed by atoms with E-state index in [0.717, 1.165) is 0 Å². The number of nitrogens with zero attached hydrogens (tertiary/aromatic N) is 2. The standard InChI is InChI=1S/C8H3ClF2N2O2/c9-7(15)5-3(8(10)11)2-13-4(1-12)6(5)14/h2,8,14H. The highest BCUT2D eigenvalue weighted by Crippen LogP contribution is 2.31. The highest BCUT2D eigenvalue weighted by Gasteiger charge is 2.24. The lowest BCUT2D eigenvalue weighted by atomic mass is 10.1. The number of hydrogen-bond acceptors (Lipinski definition) is 4. The van der Waals surface area contributed by atoms with Crippen LogP contribution >= 0.6 is 11.6 Å². The summed E-state index contributed by atoms with van der Waals surface area (Å²) in [7, 11) is 0. The fourth-order valence-electron chi connectivity index (χ4n) is 0.969. The van der Waals surface area contributed by atoms with Gasteiger partial charge in [0.15, 0.2) is 11.4 Å². The van der Waals surface area contributed by atoms with Crippen LogP contribution in [0.5, 0.6) is 5.75 Å². The third-order valence-corrected chi connectivity index (χ3v) is 1.81. The van der Waals surface area contributed by atoms with Gasteiger partial charge in [-0.3, -0.25) is 4.79 Å². The maximum Gasteiger partial charge on any atom is 0.266 e. The molecule has 0 aliphatic rings. The van der Waals surface area contributed by atoms with E-state index in [1.807, 2.05) is 0 Å². The van der Waals surface area contributed by atoms with E-state index in [9.17, 15) is 18.7 Å². The zero-order chi connectivity index (χ0) is 11.6. The zero-order valence-electron chi connectivity index (χ0n) is 7.04. The van der Waals surface area contributed by atoms with Crippen LogP contribution in [0.4, 0.5) is 8.78 Å². The Bertz CT molecular complexity index is 457. The zero-order valence-corrected chi connectivity index (χ0v) is 7.79. The molecule has 0 fully saturated rings.